The molecule has 0 unspecified atom stereocenters. The first kappa shape index (κ1) is 18.4. The smallest absolute Gasteiger partial charge is 0.347 e. The number of methoxy groups -OCH3 is 1. The zero-order valence-electron chi connectivity index (χ0n) is 15.5. The van der Waals surface area contributed by atoms with Crippen LogP contribution in [0.25, 0.3) is 11.0 Å². The van der Waals surface area contributed by atoms with Crippen LogP contribution >= 0.6 is 0 Å². The summed E-state index contributed by atoms with van der Waals surface area (Å²) in [5.41, 5.74) is 0.276. The van der Waals surface area contributed by atoms with Crippen LogP contribution in [0.5, 0.6) is 5.75 Å². The molecule has 1 aromatic heterocycles. The maximum Gasteiger partial charge on any atom is 0.347 e. The molecule has 29 heavy (non-hydrogen) atoms. The molecule has 142 valence electrons. The third-order valence-electron chi connectivity index (χ3n) is 4.64. The minimum Gasteiger partial charge on any atom is -0.497 e. The highest BCUT2D eigenvalue weighted by atomic mass is 16.5. The van der Waals surface area contributed by atoms with Crippen LogP contribution in [0, 0.1) is 0 Å². The van der Waals surface area contributed by atoms with Crippen LogP contribution in [0.4, 0.5) is 0 Å². The van der Waals surface area contributed by atoms with Gasteiger partial charge in [0.15, 0.2) is 5.78 Å². The third-order valence-corrected chi connectivity index (χ3v) is 4.64. The monoisotopic (exact) mass is 384 g/mol. The standard InChI is InChI=1S/C24H16O5/c1-28-17-12-11-16-13-20(24(27)29-21(16)14-17)23(26)19-10-6-5-9-18(19)22(25)15-7-3-2-4-8-15/h2-14H,1H3. The minimum absolute atomic E-state index is 0.129. The van der Waals surface area contributed by atoms with Crippen molar-refractivity contribution in [2.45, 2.75) is 0 Å². The van der Waals surface area contributed by atoms with Gasteiger partial charge in [0.1, 0.15) is 16.9 Å². The first-order valence-corrected chi connectivity index (χ1v) is 8.94. The van der Waals surface area contributed by atoms with Crippen LogP contribution in [0.2, 0.25) is 0 Å². The molecule has 0 saturated heterocycles. The van der Waals surface area contributed by atoms with E-state index in [0.717, 1.165) is 0 Å². The number of hydrogen-bond donors (Lipinski definition) is 0. The van der Waals surface area contributed by atoms with Gasteiger partial charge in [-0.05, 0) is 18.2 Å². The van der Waals surface area contributed by atoms with Gasteiger partial charge in [-0.25, -0.2) is 4.79 Å². The summed E-state index contributed by atoms with van der Waals surface area (Å²) in [5, 5.41) is 0.584. The van der Waals surface area contributed by atoms with Gasteiger partial charge in [0.2, 0.25) is 5.78 Å². The van der Waals surface area contributed by atoms with Crippen LogP contribution in [0.3, 0.4) is 0 Å². The lowest BCUT2D eigenvalue weighted by Crippen LogP contribution is -2.18. The van der Waals surface area contributed by atoms with Crippen LogP contribution in [-0.2, 0) is 0 Å². The molecule has 0 amide bonds. The van der Waals surface area contributed by atoms with E-state index in [-0.39, 0.29) is 22.5 Å². The van der Waals surface area contributed by atoms with Gasteiger partial charge >= 0.3 is 5.63 Å². The second-order valence-corrected chi connectivity index (χ2v) is 6.42. The van der Waals surface area contributed by atoms with Crippen molar-refractivity contribution in [2.75, 3.05) is 7.11 Å². The molecular weight excluding hydrogens is 368 g/mol. The van der Waals surface area contributed by atoms with Crippen LogP contribution in [0.15, 0.2) is 88.1 Å². The van der Waals surface area contributed by atoms with Crippen molar-refractivity contribution in [3.8, 4) is 5.75 Å². The molecular formula is C24H16O5. The van der Waals surface area contributed by atoms with Crippen molar-refractivity contribution >= 4 is 22.5 Å². The number of ketones is 2. The van der Waals surface area contributed by atoms with E-state index in [1.807, 2.05) is 6.07 Å². The van der Waals surface area contributed by atoms with Gasteiger partial charge in [-0.1, -0.05) is 54.6 Å². The predicted octanol–water partition coefficient (Wildman–Crippen LogP) is 4.26. The molecule has 5 heteroatoms. The van der Waals surface area contributed by atoms with Gasteiger partial charge in [0, 0.05) is 28.1 Å². The predicted molar refractivity (Wildman–Crippen MR) is 109 cm³/mol. The molecule has 4 rings (SSSR count). The highest BCUT2D eigenvalue weighted by Gasteiger charge is 2.22. The molecule has 3 aromatic carbocycles. The summed E-state index contributed by atoms with van der Waals surface area (Å²) >= 11 is 0. The summed E-state index contributed by atoms with van der Waals surface area (Å²) in [6.45, 7) is 0. The van der Waals surface area contributed by atoms with Gasteiger partial charge in [-0.15, -0.1) is 0 Å². The lowest BCUT2D eigenvalue weighted by molar-refractivity contribution is 0.100. The van der Waals surface area contributed by atoms with Crippen LogP contribution in [0.1, 0.15) is 31.8 Å². The second-order valence-electron chi connectivity index (χ2n) is 6.42. The number of benzene rings is 3. The fourth-order valence-corrected chi connectivity index (χ4v) is 3.15. The Labute approximate surface area is 166 Å². The Bertz CT molecular complexity index is 1290. The van der Waals surface area contributed by atoms with E-state index in [1.165, 1.54) is 19.2 Å². The zero-order chi connectivity index (χ0) is 20.4. The van der Waals surface area contributed by atoms with Crippen molar-refractivity contribution in [3.63, 3.8) is 0 Å². The summed E-state index contributed by atoms with van der Waals surface area (Å²) in [4.78, 5) is 38.5. The summed E-state index contributed by atoms with van der Waals surface area (Å²) in [6, 6.07) is 21.6. The average molecular weight is 384 g/mol. The van der Waals surface area contributed by atoms with Gasteiger partial charge in [-0.3, -0.25) is 9.59 Å². The van der Waals surface area contributed by atoms with Gasteiger partial charge < -0.3 is 9.15 Å². The zero-order valence-corrected chi connectivity index (χ0v) is 15.5. The molecule has 4 aromatic rings. The first-order chi connectivity index (χ1) is 14.1. The summed E-state index contributed by atoms with van der Waals surface area (Å²) in [6.07, 6.45) is 0. The fraction of sp³-hybridized carbons (Fsp3) is 0.0417. The van der Waals surface area contributed by atoms with E-state index in [4.69, 9.17) is 9.15 Å². The fourth-order valence-electron chi connectivity index (χ4n) is 3.15. The molecule has 0 spiro atoms. The molecule has 0 N–H and O–H groups in total. The molecule has 0 aliphatic rings. The van der Waals surface area contributed by atoms with E-state index in [2.05, 4.69) is 0 Å². The second kappa shape index (κ2) is 7.56. The van der Waals surface area contributed by atoms with Crippen LogP contribution in [-0.4, -0.2) is 18.7 Å². The van der Waals surface area contributed by atoms with E-state index in [9.17, 15) is 14.4 Å². The molecule has 0 aliphatic heterocycles. The van der Waals surface area contributed by atoms with Gasteiger partial charge in [0.05, 0.1) is 7.11 Å². The third kappa shape index (κ3) is 3.46. The Morgan fingerprint density at radius 3 is 2.10 bits per heavy atom. The maximum absolute atomic E-state index is 13.2. The van der Waals surface area contributed by atoms with Crippen molar-refractivity contribution in [1.82, 2.24) is 0 Å². The minimum atomic E-state index is -0.766. The largest absolute Gasteiger partial charge is 0.497 e. The van der Waals surface area contributed by atoms with Crippen molar-refractivity contribution in [1.29, 1.82) is 0 Å². The number of carbonyl (C=O) groups is 2. The molecule has 0 aliphatic carbocycles. The topological polar surface area (TPSA) is 73.6 Å². The van der Waals surface area contributed by atoms with Crippen LogP contribution < -0.4 is 10.4 Å². The van der Waals surface area contributed by atoms with E-state index >= 15 is 0 Å². The highest BCUT2D eigenvalue weighted by molar-refractivity contribution is 6.19. The Morgan fingerprint density at radius 1 is 0.759 bits per heavy atom. The lowest BCUT2D eigenvalue weighted by atomic mass is 9.93. The van der Waals surface area contributed by atoms with Gasteiger partial charge in [-0.2, -0.15) is 0 Å². The molecule has 0 saturated carbocycles. The number of ether oxygens (including phenoxy) is 1. The lowest BCUT2D eigenvalue weighted by Gasteiger charge is -2.08. The highest BCUT2D eigenvalue weighted by Crippen LogP contribution is 2.22. The number of fused-ring (bicyclic) bond motifs is 1. The molecule has 1 heterocycles. The van der Waals surface area contributed by atoms with Crippen molar-refractivity contribution in [2.24, 2.45) is 0 Å². The Balaban J connectivity index is 1.81. The molecule has 5 nitrogen and oxygen atoms in total. The number of carbonyl (C=O) groups excluding carboxylic acids is 2. The first-order valence-electron chi connectivity index (χ1n) is 8.94. The summed E-state index contributed by atoms with van der Waals surface area (Å²) in [7, 11) is 1.51. The molecule has 0 bridgehead atoms. The van der Waals surface area contributed by atoms with E-state index in [0.29, 0.717) is 22.3 Å². The Hall–Kier alpha value is -3.99. The molecule has 0 atom stereocenters. The maximum atomic E-state index is 13.2. The Kier molecular flexibility index (Phi) is 4.79. The molecule has 0 radical (unpaired) electrons. The van der Waals surface area contributed by atoms with E-state index in [1.54, 1.807) is 60.7 Å². The number of rotatable bonds is 5. The van der Waals surface area contributed by atoms with Gasteiger partial charge in [0.25, 0.3) is 0 Å². The Morgan fingerprint density at radius 2 is 1.41 bits per heavy atom. The quantitative estimate of drug-likeness (QED) is 0.380. The van der Waals surface area contributed by atoms with E-state index < -0.39 is 11.4 Å². The normalized spacial score (nSPS) is 10.7. The molecule has 0 fully saturated rings. The van der Waals surface area contributed by atoms with Crippen molar-refractivity contribution < 1.29 is 18.7 Å². The summed E-state index contributed by atoms with van der Waals surface area (Å²) in [5.74, 6) is -0.306. The summed E-state index contributed by atoms with van der Waals surface area (Å²) < 4.78 is 10.4. The average Bonchev–Trinajstić information content (AvgIpc) is 2.77. The van der Waals surface area contributed by atoms with Crippen molar-refractivity contribution in [3.05, 3.63) is 112 Å². The SMILES string of the molecule is COc1ccc2cc(C(=O)c3ccccc3C(=O)c3ccccc3)c(=O)oc2c1. The number of hydrogen-bond acceptors (Lipinski definition) is 5.